The largest absolute Gasteiger partial charge is 0.340 e. The predicted octanol–water partition coefficient (Wildman–Crippen LogP) is 4.65. The van der Waals surface area contributed by atoms with Crippen molar-refractivity contribution in [3.8, 4) is 0 Å². The summed E-state index contributed by atoms with van der Waals surface area (Å²) in [6.07, 6.45) is -0.395. The predicted molar refractivity (Wildman–Crippen MR) is 86.4 cm³/mol. The number of nitrogens with zero attached hydrogens (tertiary/aromatic N) is 4. The van der Waals surface area contributed by atoms with Crippen molar-refractivity contribution in [2.24, 2.45) is 0 Å². The number of aromatic nitrogens is 4. The van der Waals surface area contributed by atoms with Crippen molar-refractivity contribution in [3.63, 3.8) is 0 Å². The first kappa shape index (κ1) is 16.6. The minimum atomic E-state index is -3.11. The van der Waals surface area contributed by atoms with Gasteiger partial charge in [0.25, 0.3) is 5.78 Å². The Balaban J connectivity index is 2.02. The number of rotatable bonds is 5. The fourth-order valence-electron chi connectivity index (χ4n) is 2.13. The van der Waals surface area contributed by atoms with Crippen LogP contribution in [0.5, 0.6) is 0 Å². The highest BCUT2D eigenvalue weighted by molar-refractivity contribution is 7.94. The van der Waals surface area contributed by atoms with Gasteiger partial charge in [0.2, 0.25) is 5.82 Å². The molecule has 1 N–H and O–H groups in total. The Bertz CT molecular complexity index is 863. The number of aryl methyl sites for hydroxylation is 1. The van der Waals surface area contributed by atoms with Crippen LogP contribution in [0, 0.1) is 6.92 Å². The first-order valence-corrected chi connectivity index (χ1v) is 7.93. The van der Waals surface area contributed by atoms with Crippen LogP contribution >= 0.6 is 12.1 Å². The molecule has 24 heavy (non-hydrogen) atoms. The maximum atomic E-state index is 13.8. The summed E-state index contributed by atoms with van der Waals surface area (Å²) in [5, 5.41) is 6.96. The lowest BCUT2D eigenvalue weighted by atomic mass is 10.2. The Kier molecular flexibility index (Phi) is 4.35. The summed E-state index contributed by atoms with van der Waals surface area (Å²) >= 11 is 0.149. The third-order valence-corrected chi connectivity index (χ3v) is 3.88. The molecule has 0 radical (unpaired) electrons. The molecule has 1 aromatic carbocycles. The van der Waals surface area contributed by atoms with Gasteiger partial charge in [-0.3, -0.25) is 0 Å². The maximum Gasteiger partial charge on any atom is 0.308 e. The molecule has 3 aromatic rings. The van der Waals surface area contributed by atoms with Crippen LogP contribution in [0.25, 0.3) is 5.78 Å². The molecule has 0 atom stereocenters. The average molecular weight is 353 g/mol. The van der Waals surface area contributed by atoms with Gasteiger partial charge >= 0.3 is 5.92 Å². The van der Waals surface area contributed by atoms with Gasteiger partial charge in [0, 0.05) is 28.8 Å². The molecule has 0 aliphatic carbocycles. The zero-order valence-electron chi connectivity index (χ0n) is 12.9. The van der Waals surface area contributed by atoms with E-state index in [1.807, 2.05) is 0 Å². The van der Waals surface area contributed by atoms with Crippen LogP contribution in [-0.2, 0) is 5.92 Å². The lowest BCUT2D eigenvalue weighted by Crippen LogP contribution is -2.14. The Morgan fingerprint density at radius 1 is 1.21 bits per heavy atom. The second-order valence-electron chi connectivity index (χ2n) is 5.21. The molecule has 0 aliphatic heterocycles. The van der Waals surface area contributed by atoms with Crippen molar-refractivity contribution in [3.05, 3.63) is 41.9 Å². The van der Waals surface area contributed by atoms with Gasteiger partial charge in [-0.2, -0.15) is 22.2 Å². The number of hydrogen-bond acceptors (Lipinski definition) is 5. The van der Waals surface area contributed by atoms with Crippen LogP contribution in [0.3, 0.4) is 0 Å². The normalized spacial score (nSPS) is 11.9. The number of anilines is 2. The van der Waals surface area contributed by atoms with E-state index in [0.29, 0.717) is 22.1 Å². The van der Waals surface area contributed by atoms with E-state index in [-0.39, 0.29) is 17.9 Å². The molecule has 0 fully saturated rings. The van der Waals surface area contributed by atoms with Crippen molar-refractivity contribution in [2.45, 2.75) is 31.1 Å². The van der Waals surface area contributed by atoms with Crippen molar-refractivity contribution < 1.29 is 12.7 Å². The highest BCUT2D eigenvalue weighted by Gasteiger charge is 2.34. The summed E-state index contributed by atoms with van der Waals surface area (Å²) in [7, 11) is 0. The molecule has 0 amide bonds. The Morgan fingerprint density at radius 3 is 2.54 bits per heavy atom. The van der Waals surface area contributed by atoms with Gasteiger partial charge in [-0.15, -0.1) is 5.10 Å². The maximum absolute atomic E-state index is 13.8. The van der Waals surface area contributed by atoms with Crippen LogP contribution in [-0.4, -0.2) is 19.6 Å². The molecule has 5 nitrogen and oxygen atoms in total. The van der Waals surface area contributed by atoms with Gasteiger partial charge in [-0.1, -0.05) is 6.92 Å². The second kappa shape index (κ2) is 6.31. The van der Waals surface area contributed by atoms with Crippen molar-refractivity contribution in [2.75, 3.05) is 5.32 Å². The van der Waals surface area contributed by atoms with Crippen molar-refractivity contribution in [1.82, 2.24) is 19.6 Å². The van der Waals surface area contributed by atoms with Crippen molar-refractivity contribution >= 4 is 29.4 Å². The molecule has 2 heterocycles. The summed E-state index contributed by atoms with van der Waals surface area (Å²) in [5.41, 5.74) is 1.28. The number of alkyl halides is 2. The fourth-order valence-corrected chi connectivity index (χ4v) is 2.37. The zero-order chi connectivity index (χ0) is 17.3. The van der Waals surface area contributed by atoms with Gasteiger partial charge < -0.3 is 5.32 Å². The third-order valence-electron chi connectivity index (χ3n) is 3.43. The van der Waals surface area contributed by atoms with E-state index in [4.69, 9.17) is 0 Å². The van der Waals surface area contributed by atoms with Crippen LogP contribution in [0.2, 0.25) is 0 Å². The Hall–Kier alpha value is -2.29. The molecule has 126 valence electrons. The minimum absolute atomic E-state index is 0.0940. The summed E-state index contributed by atoms with van der Waals surface area (Å²) in [6, 6.07) is 8.25. The molecular formula is C15H14F3N5S. The molecule has 0 saturated heterocycles. The van der Waals surface area contributed by atoms with Crippen LogP contribution in [0.1, 0.15) is 24.9 Å². The molecule has 0 aliphatic rings. The summed E-state index contributed by atoms with van der Waals surface area (Å²) in [6.45, 7) is 3.11. The Labute approximate surface area is 140 Å². The molecule has 0 unspecified atom stereocenters. The highest BCUT2D eigenvalue weighted by atomic mass is 32.2. The molecule has 9 heteroatoms. The van der Waals surface area contributed by atoms with Gasteiger partial charge in [0.1, 0.15) is 5.82 Å². The number of fused-ring (bicyclic) bond motifs is 1. The van der Waals surface area contributed by atoms with E-state index in [9.17, 15) is 12.7 Å². The van der Waals surface area contributed by atoms with E-state index < -0.39 is 18.2 Å². The van der Waals surface area contributed by atoms with Gasteiger partial charge in [0.05, 0.1) is 12.1 Å². The quantitative estimate of drug-likeness (QED) is 0.723. The first-order chi connectivity index (χ1) is 11.4. The molecular weight excluding hydrogens is 339 g/mol. The van der Waals surface area contributed by atoms with Crippen LogP contribution in [0.4, 0.5) is 24.2 Å². The smallest absolute Gasteiger partial charge is 0.308 e. The fraction of sp³-hybridized carbons (Fsp3) is 0.267. The van der Waals surface area contributed by atoms with Crippen molar-refractivity contribution in [1.29, 1.82) is 0 Å². The number of halogens is 3. The third kappa shape index (κ3) is 3.16. The summed E-state index contributed by atoms with van der Waals surface area (Å²) in [4.78, 5) is 8.45. The monoisotopic (exact) mass is 353 g/mol. The Morgan fingerprint density at radius 2 is 1.92 bits per heavy atom. The molecule has 3 rings (SSSR count). The summed E-state index contributed by atoms with van der Waals surface area (Å²) in [5.74, 6) is -3.13. The van der Waals surface area contributed by atoms with Crippen LogP contribution < -0.4 is 5.32 Å². The first-order valence-electron chi connectivity index (χ1n) is 7.21. The van der Waals surface area contributed by atoms with Gasteiger partial charge in [-0.05, 0) is 31.2 Å². The second-order valence-corrected chi connectivity index (χ2v) is 5.84. The van der Waals surface area contributed by atoms with E-state index in [1.165, 1.54) is 11.4 Å². The number of hydrogen-bond donors (Lipinski definition) is 1. The lowest BCUT2D eigenvalue weighted by Gasteiger charge is -2.09. The topological polar surface area (TPSA) is 55.1 Å². The molecule has 0 bridgehead atoms. The van der Waals surface area contributed by atoms with Crippen LogP contribution in [0.15, 0.2) is 35.2 Å². The van der Waals surface area contributed by atoms with E-state index in [1.54, 1.807) is 37.3 Å². The number of benzene rings is 1. The molecule has 0 saturated carbocycles. The van der Waals surface area contributed by atoms with Gasteiger partial charge in [0.15, 0.2) is 0 Å². The van der Waals surface area contributed by atoms with E-state index >= 15 is 0 Å². The standard InChI is InChI=1S/C15H14F3N5S/c1-3-15(16,17)13-21-14-19-9(2)8-12(23(14)22-13)20-10-4-6-11(24-18)7-5-10/h4-8,20H,3H2,1-2H3. The van der Waals surface area contributed by atoms with E-state index in [2.05, 4.69) is 20.4 Å². The lowest BCUT2D eigenvalue weighted by molar-refractivity contribution is -0.0173. The van der Waals surface area contributed by atoms with Gasteiger partial charge in [-0.25, -0.2) is 4.98 Å². The summed E-state index contributed by atoms with van der Waals surface area (Å²) < 4.78 is 41.4. The minimum Gasteiger partial charge on any atom is -0.340 e. The SMILES string of the molecule is CCC(F)(F)c1nc2nc(C)cc(Nc3ccc(SF)cc3)n2n1. The molecule has 2 aromatic heterocycles. The average Bonchev–Trinajstić information content (AvgIpc) is 3.00. The zero-order valence-corrected chi connectivity index (χ0v) is 13.7. The molecule has 0 spiro atoms. The van der Waals surface area contributed by atoms with E-state index in [0.717, 1.165) is 0 Å². The highest BCUT2D eigenvalue weighted by Crippen LogP contribution is 2.30. The number of nitrogens with one attached hydrogen (secondary N) is 1.